The minimum absolute atomic E-state index is 0.464. The number of thioether (sulfide) groups is 1. The van der Waals surface area contributed by atoms with Crippen molar-refractivity contribution in [3.63, 3.8) is 0 Å². The third-order valence-electron chi connectivity index (χ3n) is 2.76. The zero-order valence-corrected chi connectivity index (χ0v) is 9.78. The maximum absolute atomic E-state index is 6.14. The molecule has 1 fully saturated rings. The van der Waals surface area contributed by atoms with Gasteiger partial charge in [0.25, 0.3) is 0 Å². The predicted molar refractivity (Wildman–Crippen MR) is 62.1 cm³/mol. The van der Waals surface area contributed by atoms with Crippen molar-refractivity contribution in [2.24, 2.45) is 11.7 Å². The van der Waals surface area contributed by atoms with Crippen molar-refractivity contribution in [3.8, 4) is 0 Å². The van der Waals surface area contributed by atoms with Gasteiger partial charge in [-0.15, -0.1) is 0 Å². The molecule has 0 aliphatic carbocycles. The van der Waals surface area contributed by atoms with Crippen LogP contribution in [0.1, 0.15) is 46.0 Å². The molecule has 78 valence electrons. The fourth-order valence-corrected chi connectivity index (χ4v) is 3.24. The Hall–Kier alpha value is 0.310. The Morgan fingerprint density at radius 3 is 2.69 bits per heavy atom. The lowest BCUT2D eigenvalue weighted by Crippen LogP contribution is -2.30. The summed E-state index contributed by atoms with van der Waals surface area (Å²) in [6.45, 7) is 4.58. The molecule has 1 heterocycles. The smallest absolute Gasteiger partial charge is 0.0199 e. The molecule has 0 saturated carbocycles. The molecule has 2 N–H and O–H groups in total. The normalized spacial score (nSPS) is 25.4. The van der Waals surface area contributed by atoms with Crippen molar-refractivity contribution < 1.29 is 0 Å². The molecule has 0 amide bonds. The van der Waals surface area contributed by atoms with E-state index in [0.29, 0.717) is 6.04 Å². The van der Waals surface area contributed by atoms with Gasteiger partial charge in [0.05, 0.1) is 0 Å². The Bertz CT molecular complexity index is 130. The van der Waals surface area contributed by atoms with Crippen LogP contribution in [0.25, 0.3) is 0 Å². The van der Waals surface area contributed by atoms with Crippen LogP contribution in [-0.4, -0.2) is 17.0 Å². The lowest BCUT2D eigenvalue weighted by atomic mass is 10.0. The summed E-state index contributed by atoms with van der Waals surface area (Å²) in [5, 5.41) is 0.771. The van der Waals surface area contributed by atoms with Crippen LogP contribution in [0.3, 0.4) is 0 Å². The zero-order valence-electron chi connectivity index (χ0n) is 8.96. The van der Waals surface area contributed by atoms with Crippen molar-refractivity contribution in [2.45, 2.75) is 57.2 Å². The molecule has 2 atom stereocenters. The summed E-state index contributed by atoms with van der Waals surface area (Å²) in [5.74, 6) is 2.17. The Morgan fingerprint density at radius 2 is 2.15 bits per heavy atom. The van der Waals surface area contributed by atoms with Crippen LogP contribution in [0.5, 0.6) is 0 Å². The quantitative estimate of drug-likeness (QED) is 0.740. The van der Waals surface area contributed by atoms with Gasteiger partial charge in [-0.1, -0.05) is 26.7 Å². The van der Waals surface area contributed by atoms with E-state index in [9.17, 15) is 0 Å². The van der Waals surface area contributed by atoms with Gasteiger partial charge in [-0.2, -0.15) is 11.8 Å². The first-order chi connectivity index (χ1) is 6.20. The largest absolute Gasteiger partial charge is 0.327 e. The first kappa shape index (κ1) is 11.4. The van der Waals surface area contributed by atoms with E-state index in [2.05, 4.69) is 25.6 Å². The lowest BCUT2D eigenvalue weighted by Gasteiger charge is -2.18. The van der Waals surface area contributed by atoms with E-state index in [1.165, 1.54) is 37.9 Å². The fourth-order valence-electron chi connectivity index (χ4n) is 1.89. The SMILES string of the molecule is CC(C)CCCC(N)C1CCCS1. The molecule has 0 aromatic heterocycles. The highest BCUT2D eigenvalue weighted by atomic mass is 32.2. The Kier molecular flexibility index (Phi) is 5.18. The summed E-state index contributed by atoms with van der Waals surface area (Å²) in [5.41, 5.74) is 6.14. The van der Waals surface area contributed by atoms with Crippen molar-refractivity contribution in [1.82, 2.24) is 0 Å². The Labute approximate surface area is 86.8 Å². The average molecular weight is 201 g/mol. The topological polar surface area (TPSA) is 26.0 Å². The van der Waals surface area contributed by atoms with Gasteiger partial charge in [0.1, 0.15) is 0 Å². The van der Waals surface area contributed by atoms with E-state index in [1.54, 1.807) is 0 Å². The van der Waals surface area contributed by atoms with E-state index >= 15 is 0 Å². The standard InChI is InChI=1S/C11H23NS/c1-9(2)5-3-6-10(12)11-7-4-8-13-11/h9-11H,3-8,12H2,1-2H3. The molecule has 1 aliphatic rings. The van der Waals surface area contributed by atoms with E-state index in [4.69, 9.17) is 5.73 Å². The molecule has 0 bridgehead atoms. The highest BCUT2D eigenvalue weighted by molar-refractivity contribution is 8.00. The van der Waals surface area contributed by atoms with Gasteiger partial charge >= 0.3 is 0 Å². The number of hydrogen-bond donors (Lipinski definition) is 1. The van der Waals surface area contributed by atoms with Gasteiger partial charge in [-0.05, 0) is 30.9 Å². The van der Waals surface area contributed by atoms with Crippen LogP contribution in [0.4, 0.5) is 0 Å². The van der Waals surface area contributed by atoms with Crippen molar-refractivity contribution in [1.29, 1.82) is 0 Å². The van der Waals surface area contributed by atoms with Crippen LogP contribution in [0.2, 0.25) is 0 Å². The molecular weight excluding hydrogens is 178 g/mol. The van der Waals surface area contributed by atoms with E-state index in [1.807, 2.05) is 0 Å². The van der Waals surface area contributed by atoms with E-state index in [0.717, 1.165) is 11.2 Å². The summed E-state index contributed by atoms with van der Waals surface area (Å²) in [6.07, 6.45) is 6.62. The monoisotopic (exact) mass is 201 g/mol. The molecule has 0 radical (unpaired) electrons. The molecule has 2 heteroatoms. The molecule has 1 nitrogen and oxygen atoms in total. The maximum Gasteiger partial charge on any atom is 0.0199 e. The van der Waals surface area contributed by atoms with Crippen LogP contribution in [0.15, 0.2) is 0 Å². The van der Waals surface area contributed by atoms with Crippen LogP contribution in [-0.2, 0) is 0 Å². The second-order valence-corrected chi connectivity index (χ2v) is 5.89. The van der Waals surface area contributed by atoms with E-state index in [-0.39, 0.29) is 0 Å². The molecule has 0 aromatic rings. The van der Waals surface area contributed by atoms with Crippen molar-refractivity contribution in [3.05, 3.63) is 0 Å². The Morgan fingerprint density at radius 1 is 1.38 bits per heavy atom. The number of hydrogen-bond acceptors (Lipinski definition) is 2. The molecule has 0 aromatic carbocycles. The number of nitrogens with two attached hydrogens (primary N) is 1. The molecule has 13 heavy (non-hydrogen) atoms. The highest BCUT2D eigenvalue weighted by Gasteiger charge is 2.21. The van der Waals surface area contributed by atoms with Crippen molar-refractivity contribution in [2.75, 3.05) is 5.75 Å². The molecule has 2 unspecified atom stereocenters. The van der Waals surface area contributed by atoms with Gasteiger partial charge in [0.15, 0.2) is 0 Å². The fraction of sp³-hybridized carbons (Fsp3) is 1.00. The van der Waals surface area contributed by atoms with Crippen LogP contribution in [0, 0.1) is 5.92 Å². The van der Waals surface area contributed by atoms with Gasteiger partial charge in [0, 0.05) is 11.3 Å². The van der Waals surface area contributed by atoms with Gasteiger partial charge in [-0.3, -0.25) is 0 Å². The Balaban J connectivity index is 2.06. The first-order valence-corrected chi connectivity index (χ1v) is 6.62. The third-order valence-corrected chi connectivity index (χ3v) is 4.30. The summed E-state index contributed by atoms with van der Waals surface area (Å²) in [6, 6.07) is 0.464. The minimum atomic E-state index is 0.464. The zero-order chi connectivity index (χ0) is 9.68. The lowest BCUT2D eigenvalue weighted by molar-refractivity contribution is 0.485. The average Bonchev–Trinajstić information content (AvgIpc) is 2.55. The van der Waals surface area contributed by atoms with E-state index < -0.39 is 0 Å². The van der Waals surface area contributed by atoms with Gasteiger partial charge < -0.3 is 5.73 Å². The van der Waals surface area contributed by atoms with Crippen molar-refractivity contribution >= 4 is 11.8 Å². The van der Waals surface area contributed by atoms with Gasteiger partial charge in [-0.25, -0.2) is 0 Å². The van der Waals surface area contributed by atoms with Crippen LogP contribution >= 0.6 is 11.8 Å². The second kappa shape index (κ2) is 5.92. The van der Waals surface area contributed by atoms with Gasteiger partial charge in [0.2, 0.25) is 0 Å². The first-order valence-electron chi connectivity index (χ1n) is 5.57. The third kappa shape index (κ3) is 4.37. The molecular formula is C11H23NS. The summed E-state index contributed by atoms with van der Waals surface area (Å²) < 4.78 is 0. The molecule has 1 saturated heterocycles. The molecule has 1 rings (SSSR count). The summed E-state index contributed by atoms with van der Waals surface area (Å²) in [7, 11) is 0. The predicted octanol–water partition coefficient (Wildman–Crippen LogP) is 3.04. The minimum Gasteiger partial charge on any atom is -0.327 e. The molecule has 0 spiro atoms. The number of rotatable bonds is 5. The molecule has 1 aliphatic heterocycles. The maximum atomic E-state index is 6.14. The second-order valence-electron chi connectivity index (χ2n) is 4.54. The van der Waals surface area contributed by atoms with Crippen LogP contribution < -0.4 is 5.73 Å². The summed E-state index contributed by atoms with van der Waals surface area (Å²) >= 11 is 2.08. The summed E-state index contributed by atoms with van der Waals surface area (Å²) in [4.78, 5) is 0. The highest BCUT2D eigenvalue weighted by Crippen LogP contribution is 2.29.